The van der Waals surface area contributed by atoms with Gasteiger partial charge in [0, 0.05) is 7.05 Å². The minimum Gasteiger partial charge on any atom is -0.292 e. The lowest BCUT2D eigenvalue weighted by atomic mass is 9.96. The van der Waals surface area contributed by atoms with Gasteiger partial charge in [0.1, 0.15) is 3.70 Å². The van der Waals surface area contributed by atoms with Crippen molar-refractivity contribution in [2.45, 2.75) is 24.5 Å². The van der Waals surface area contributed by atoms with E-state index in [9.17, 15) is 4.79 Å². The van der Waals surface area contributed by atoms with Crippen LogP contribution in [0.2, 0.25) is 0 Å². The Morgan fingerprint density at radius 3 is 2.93 bits per heavy atom. The van der Waals surface area contributed by atoms with Crippen LogP contribution >= 0.6 is 34.4 Å². The summed E-state index contributed by atoms with van der Waals surface area (Å²) in [5.74, 6) is 1.33. The van der Waals surface area contributed by atoms with Crippen molar-refractivity contribution < 1.29 is 4.79 Å². The van der Waals surface area contributed by atoms with Gasteiger partial charge in [-0.05, 0) is 48.1 Å². The topological polar surface area (TPSA) is 34.9 Å². The fraction of sp³-hybridized carbons (Fsp3) is 0.600. The second kappa shape index (κ2) is 4.08. The van der Waals surface area contributed by atoms with Crippen molar-refractivity contribution in [3.8, 4) is 0 Å². The van der Waals surface area contributed by atoms with Crippen LogP contribution in [-0.4, -0.2) is 26.1 Å². The van der Waals surface area contributed by atoms with Crippen LogP contribution in [0.4, 0.5) is 0 Å². The van der Waals surface area contributed by atoms with Crippen LogP contribution in [0.15, 0.2) is 6.20 Å². The molecule has 5 heteroatoms. The number of aromatic nitrogens is 2. The first-order chi connectivity index (χ1) is 7.04. The summed E-state index contributed by atoms with van der Waals surface area (Å²) in [7, 11) is 1.86. The summed E-state index contributed by atoms with van der Waals surface area (Å²) in [4.78, 5) is 12.3. The molecule has 1 fully saturated rings. The molecule has 0 aromatic carbocycles. The second-order valence-corrected chi connectivity index (χ2v) is 6.60. The Bertz CT molecular complexity index is 396. The Balaban J connectivity index is 2.32. The van der Waals surface area contributed by atoms with Gasteiger partial charge in [0.25, 0.3) is 0 Å². The van der Waals surface area contributed by atoms with Crippen LogP contribution in [0.3, 0.4) is 0 Å². The molecule has 0 aliphatic carbocycles. The number of thioether (sulfide) groups is 1. The molecule has 1 atom stereocenters. The predicted octanol–water partition coefficient (Wildman–Crippen LogP) is 2.49. The van der Waals surface area contributed by atoms with E-state index >= 15 is 0 Å². The van der Waals surface area contributed by atoms with Crippen molar-refractivity contribution in [1.29, 1.82) is 0 Å². The number of hydrogen-bond donors (Lipinski definition) is 0. The van der Waals surface area contributed by atoms with E-state index in [4.69, 9.17) is 0 Å². The van der Waals surface area contributed by atoms with Gasteiger partial charge in [-0.2, -0.15) is 5.10 Å². The third-order valence-corrected chi connectivity index (χ3v) is 5.61. The first-order valence-electron chi connectivity index (χ1n) is 4.91. The van der Waals surface area contributed by atoms with E-state index in [1.165, 1.54) is 0 Å². The quantitative estimate of drug-likeness (QED) is 0.615. The Morgan fingerprint density at radius 2 is 2.47 bits per heavy atom. The van der Waals surface area contributed by atoms with Crippen molar-refractivity contribution in [2.75, 3.05) is 5.75 Å². The zero-order valence-electron chi connectivity index (χ0n) is 8.79. The molecule has 1 unspecified atom stereocenters. The van der Waals surface area contributed by atoms with Crippen LogP contribution < -0.4 is 0 Å². The van der Waals surface area contributed by atoms with Crippen LogP contribution in [0.25, 0.3) is 0 Å². The molecule has 0 bridgehead atoms. The molecule has 1 saturated heterocycles. The highest BCUT2D eigenvalue weighted by Gasteiger charge is 2.39. The largest absolute Gasteiger partial charge is 0.292 e. The summed E-state index contributed by atoms with van der Waals surface area (Å²) in [6.45, 7) is 2.05. The number of rotatable bonds is 2. The highest BCUT2D eigenvalue weighted by atomic mass is 127. The molecule has 0 N–H and O–H groups in total. The van der Waals surface area contributed by atoms with E-state index in [0.29, 0.717) is 0 Å². The van der Waals surface area contributed by atoms with Gasteiger partial charge in [-0.3, -0.25) is 9.48 Å². The predicted molar refractivity (Wildman–Crippen MR) is 70.4 cm³/mol. The first-order valence-corrected chi connectivity index (χ1v) is 6.97. The van der Waals surface area contributed by atoms with Crippen molar-refractivity contribution in [2.24, 2.45) is 7.05 Å². The Labute approximate surface area is 107 Å². The number of carbonyl (C=O) groups is 1. The second-order valence-electron chi connectivity index (χ2n) is 3.98. The molecule has 0 radical (unpaired) electrons. The highest BCUT2D eigenvalue weighted by molar-refractivity contribution is 14.1. The summed E-state index contributed by atoms with van der Waals surface area (Å²) in [6, 6.07) is 0. The lowest BCUT2D eigenvalue weighted by Gasteiger charge is -2.20. The van der Waals surface area contributed by atoms with Crippen LogP contribution in [-0.2, 0) is 7.05 Å². The average molecular weight is 336 g/mol. The third-order valence-electron chi connectivity index (χ3n) is 2.81. The number of carbonyl (C=O) groups excluding carboxylic acids is 1. The molecular weight excluding hydrogens is 323 g/mol. The number of hydrogen-bond acceptors (Lipinski definition) is 3. The zero-order chi connectivity index (χ0) is 11.1. The number of aryl methyl sites for hydroxylation is 1. The molecule has 2 rings (SSSR count). The first kappa shape index (κ1) is 11.4. The van der Waals surface area contributed by atoms with E-state index in [1.807, 2.05) is 7.05 Å². The SMILES string of the molecule is Cn1ncc(C(=O)C2(C)CCCS2)c1I. The molecule has 0 saturated carbocycles. The fourth-order valence-electron chi connectivity index (χ4n) is 1.82. The van der Waals surface area contributed by atoms with Crippen molar-refractivity contribution in [3.05, 3.63) is 15.5 Å². The standard InChI is InChI=1S/C10H13IN2OS/c1-10(4-3-5-15-10)8(14)7-6-12-13(2)9(7)11/h6H,3-5H2,1-2H3. The van der Waals surface area contributed by atoms with E-state index in [2.05, 4.69) is 34.6 Å². The minimum absolute atomic E-state index is 0.219. The van der Waals surface area contributed by atoms with Gasteiger partial charge in [-0.1, -0.05) is 0 Å². The van der Waals surface area contributed by atoms with Gasteiger partial charge < -0.3 is 0 Å². The monoisotopic (exact) mass is 336 g/mol. The van der Waals surface area contributed by atoms with Gasteiger partial charge in [-0.25, -0.2) is 0 Å². The van der Waals surface area contributed by atoms with Crippen LogP contribution in [0.5, 0.6) is 0 Å². The molecule has 1 aliphatic rings. The van der Waals surface area contributed by atoms with E-state index in [0.717, 1.165) is 27.9 Å². The number of ketones is 1. The third kappa shape index (κ3) is 1.95. The fourth-order valence-corrected chi connectivity index (χ4v) is 3.60. The minimum atomic E-state index is -0.219. The van der Waals surface area contributed by atoms with Crippen molar-refractivity contribution in [3.63, 3.8) is 0 Å². The molecule has 1 aromatic heterocycles. The molecular formula is C10H13IN2OS. The van der Waals surface area contributed by atoms with Gasteiger partial charge in [-0.15, -0.1) is 11.8 Å². The lowest BCUT2D eigenvalue weighted by molar-refractivity contribution is 0.0948. The van der Waals surface area contributed by atoms with Crippen molar-refractivity contribution >= 4 is 40.1 Å². The summed E-state index contributed by atoms with van der Waals surface area (Å²) in [5.41, 5.74) is 0.773. The lowest BCUT2D eigenvalue weighted by Crippen LogP contribution is -2.29. The molecule has 2 heterocycles. The summed E-state index contributed by atoms with van der Waals surface area (Å²) < 4.78 is 2.46. The number of nitrogens with zero attached hydrogens (tertiary/aromatic N) is 2. The maximum absolute atomic E-state index is 12.3. The molecule has 1 aromatic rings. The van der Waals surface area contributed by atoms with Gasteiger partial charge >= 0.3 is 0 Å². The van der Waals surface area contributed by atoms with Gasteiger partial charge in [0.05, 0.1) is 16.5 Å². The van der Waals surface area contributed by atoms with Gasteiger partial charge in [0.2, 0.25) is 0 Å². The number of Topliss-reactive ketones (excluding diaryl/α,β-unsaturated/α-hetero) is 1. The highest BCUT2D eigenvalue weighted by Crippen LogP contribution is 2.40. The maximum Gasteiger partial charge on any atom is 0.182 e. The summed E-state index contributed by atoms with van der Waals surface area (Å²) >= 11 is 3.95. The van der Waals surface area contributed by atoms with Crippen LogP contribution in [0.1, 0.15) is 30.1 Å². The summed E-state index contributed by atoms with van der Waals surface area (Å²) in [5, 5.41) is 4.12. The summed E-state index contributed by atoms with van der Waals surface area (Å²) in [6.07, 6.45) is 3.82. The van der Waals surface area contributed by atoms with E-state index in [-0.39, 0.29) is 10.5 Å². The normalized spacial score (nSPS) is 25.8. The molecule has 1 aliphatic heterocycles. The Morgan fingerprint density at radius 1 is 1.73 bits per heavy atom. The average Bonchev–Trinajstić information content (AvgIpc) is 2.77. The van der Waals surface area contributed by atoms with Crippen LogP contribution in [0, 0.1) is 3.70 Å². The Kier molecular flexibility index (Phi) is 3.12. The molecule has 0 amide bonds. The van der Waals surface area contributed by atoms with Gasteiger partial charge in [0.15, 0.2) is 5.78 Å². The molecule has 0 spiro atoms. The molecule has 3 nitrogen and oxygen atoms in total. The van der Waals surface area contributed by atoms with E-state index in [1.54, 1.807) is 22.6 Å². The van der Waals surface area contributed by atoms with Crippen molar-refractivity contribution in [1.82, 2.24) is 9.78 Å². The van der Waals surface area contributed by atoms with E-state index < -0.39 is 0 Å². The maximum atomic E-state index is 12.3. The molecule has 82 valence electrons. The Hall–Kier alpha value is -0.0400. The number of halogens is 1. The smallest absolute Gasteiger partial charge is 0.182 e. The zero-order valence-corrected chi connectivity index (χ0v) is 11.8. The molecule has 15 heavy (non-hydrogen) atoms.